The average Bonchev–Trinajstić information content (AvgIpc) is 2.74. The number of nitrogens with zero attached hydrogens (tertiary/aromatic N) is 1. The summed E-state index contributed by atoms with van der Waals surface area (Å²) < 4.78 is 0. The van der Waals surface area contributed by atoms with Gasteiger partial charge < -0.3 is 10.2 Å². The molecule has 0 bridgehead atoms. The summed E-state index contributed by atoms with van der Waals surface area (Å²) in [6.45, 7) is 7.19. The molecule has 1 aliphatic heterocycles. The highest BCUT2D eigenvalue weighted by molar-refractivity contribution is 5.84. The van der Waals surface area contributed by atoms with Gasteiger partial charge in [0.2, 0.25) is 11.8 Å². The molecule has 1 heterocycles. The van der Waals surface area contributed by atoms with Crippen LogP contribution in [0.1, 0.15) is 45.6 Å². The third-order valence-corrected chi connectivity index (χ3v) is 5.88. The third-order valence-electron chi connectivity index (χ3n) is 5.88. The molecular weight excluding hydrogens is 360 g/mol. The Balaban J connectivity index is 1.78. The lowest BCUT2D eigenvalue weighted by atomic mass is 9.72. The fourth-order valence-corrected chi connectivity index (χ4v) is 4.14. The van der Waals surface area contributed by atoms with Crippen molar-refractivity contribution >= 4 is 11.8 Å². The van der Waals surface area contributed by atoms with Crippen molar-refractivity contribution in [2.45, 2.75) is 52.5 Å². The molecule has 4 heteroatoms. The van der Waals surface area contributed by atoms with Gasteiger partial charge in [0, 0.05) is 25.6 Å². The number of carbonyl (C=O) groups is 2. The molecule has 0 aliphatic carbocycles. The second-order valence-electron chi connectivity index (χ2n) is 8.38. The quantitative estimate of drug-likeness (QED) is 0.790. The van der Waals surface area contributed by atoms with Crippen LogP contribution in [0.3, 0.4) is 0 Å². The molecule has 2 aromatic rings. The Bertz CT molecular complexity index is 820. The van der Waals surface area contributed by atoms with E-state index in [-0.39, 0.29) is 17.9 Å². The number of piperidine rings is 1. The van der Waals surface area contributed by atoms with Gasteiger partial charge in [-0.3, -0.25) is 9.59 Å². The summed E-state index contributed by atoms with van der Waals surface area (Å²) in [6.07, 6.45) is 2.64. The van der Waals surface area contributed by atoms with Crippen molar-refractivity contribution in [3.8, 4) is 11.1 Å². The maximum Gasteiger partial charge on any atom is 0.226 e. The topological polar surface area (TPSA) is 49.4 Å². The van der Waals surface area contributed by atoms with E-state index in [1.165, 1.54) is 16.7 Å². The fraction of sp³-hybridized carbons (Fsp3) is 0.440. The molecule has 0 unspecified atom stereocenters. The van der Waals surface area contributed by atoms with Crippen LogP contribution in [0.15, 0.2) is 54.6 Å². The van der Waals surface area contributed by atoms with E-state index in [4.69, 9.17) is 0 Å². The van der Waals surface area contributed by atoms with Crippen LogP contribution in [0, 0.1) is 5.41 Å². The minimum Gasteiger partial charge on any atom is -0.353 e. The lowest BCUT2D eigenvalue weighted by Gasteiger charge is -2.41. The normalized spacial score (nSPS) is 15.9. The molecule has 0 saturated carbocycles. The molecular formula is C25H32N2O2. The number of nitrogens with one attached hydrogen (secondary N) is 1. The summed E-state index contributed by atoms with van der Waals surface area (Å²) in [5, 5.41) is 3.13. The summed E-state index contributed by atoms with van der Waals surface area (Å²) in [6, 6.07) is 19.0. The second kappa shape index (κ2) is 9.25. The molecule has 2 aromatic carbocycles. The van der Waals surface area contributed by atoms with Gasteiger partial charge in [0.1, 0.15) is 0 Å². The number of rotatable bonds is 6. The second-order valence-corrected chi connectivity index (χ2v) is 8.38. The molecule has 29 heavy (non-hydrogen) atoms. The molecule has 1 saturated heterocycles. The average molecular weight is 393 g/mol. The lowest BCUT2D eigenvalue weighted by molar-refractivity contribution is -0.140. The summed E-state index contributed by atoms with van der Waals surface area (Å²) in [7, 11) is 0. The van der Waals surface area contributed by atoms with E-state index in [0.717, 1.165) is 0 Å². The van der Waals surface area contributed by atoms with E-state index in [0.29, 0.717) is 38.8 Å². The van der Waals surface area contributed by atoms with Crippen LogP contribution in [0.2, 0.25) is 0 Å². The van der Waals surface area contributed by atoms with Gasteiger partial charge in [-0.15, -0.1) is 0 Å². The number of amides is 2. The highest BCUT2D eigenvalue weighted by Gasteiger charge is 2.42. The van der Waals surface area contributed by atoms with Gasteiger partial charge in [-0.2, -0.15) is 0 Å². The van der Waals surface area contributed by atoms with Gasteiger partial charge >= 0.3 is 0 Å². The Morgan fingerprint density at radius 3 is 2.10 bits per heavy atom. The van der Waals surface area contributed by atoms with Crippen LogP contribution >= 0.6 is 0 Å². The minimum absolute atomic E-state index is 0.107. The molecule has 0 radical (unpaired) electrons. The Labute approximate surface area is 174 Å². The van der Waals surface area contributed by atoms with Crippen LogP contribution in [0.25, 0.3) is 11.1 Å². The number of likely N-dealkylation sites (tertiary alicyclic amines) is 1. The Morgan fingerprint density at radius 1 is 0.966 bits per heavy atom. The Kier molecular flexibility index (Phi) is 6.73. The van der Waals surface area contributed by atoms with Gasteiger partial charge in [0.15, 0.2) is 0 Å². The Morgan fingerprint density at radius 2 is 1.55 bits per heavy atom. The molecule has 1 fully saturated rings. The lowest BCUT2D eigenvalue weighted by Crippen LogP contribution is -2.52. The highest BCUT2D eigenvalue weighted by atomic mass is 16.2. The zero-order valence-corrected chi connectivity index (χ0v) is 17.8. The first-order valence-corrected chi connectivity index (χ1v) is 10.7. The van der Waals surface area contributed by atoms with E-state index >= 15 is 0 Å². The largest absolute Gasteiger partial charge is 0.353 e. The monoisotopic (exact) mass is 392 g/mol. The van der Waals surface area contributed by atoms with E-state index in [1.54, 1.807) is 0 Å². The molecule has 0 spiro atoms. The summed E-state index contributed by atoms with van der Waals surface area (Å²) in [5.74, 6) is 0.290. The molecule has 0 atom stereocenters. The molecule has 154 valence electrons. The standard InChI is InChI=1S/C25H32N2O2/c1-4-23(28)27-16-14-25(15-17-27,24(29)26-19(2)3)18-20-10-12-22(13-11-20)21-8-6-5-7-9-21/h5-13,19H,4,14-18H2,1-3H3,(H,26,29). The van der Waals surface area contributed by atoms with Gasteiger partial charge in [-0.05, 0) is 49.8 Å². The highest BCUT2D eigenvalue weighted by Crippen LogP contribution is 2.36. The fourth-order valence-electron chi connectivity index (χ4n) is 4.14. The van der Waals surface area contributed by atoms with Crippen molar-refractivity contribution < 1.29 is 9.59 Å². The number of carbonyl (C=O) groups excluding carboxylic acids is 2. The van der Waals surface area contributed by atoms with Gasteiger partial charge in [0.05, 0.1) is 5.41 Å². The number of benzene rings is 2. The van der Waals surface area contributed by atoms with Crippen LogP contribution in [-0.4, -0.2) is 35.8 Å². The first kappa shape index (κ1) is 21.1. The molecule has 0 aromatic heterocycles. The van der Waals surface area contributed by atoms with Crippen LogP contribution in [0.5, 0.6) is 0 Å². The van der Waals surface area contributed by atoms with Crippen molar-refractivity contribution in [3.63, 3.8) is 0 Å². The number of hydrogen-bond donors (Lipinski definition) is 1. The van der Waals surface area contributed by atoms with Crippen molar-refractivity contribution in [2.75, 3.05) is 13.1 Å². The van der Waals surface area contributed by atoms with Gasteiger partial charge in [-0.25, -0.2) is 0 Å². The van der Waals surface area contributed by atoms with Crippen molar-refractivity contribution in [1.82, 2.24) is 10.2 Å². The van der Waals surface area contributed by atoms with Crippen LogP contribution in [-0.2, 0) is 16.0 Å². The van der Waals surface area contributed by atoms with Gasteiger partial charge in [-0.1, -0.05) is 61.5 Å². The van der Waals surface area contributed by atoms with Crippen molar-refractivity contribution in [2.24, 2.45) is 5.41 Å². The maximum absolute atomic E-state index is 13.2. The van der Waals surface area contributed by atoms with Crippen molar-refractivity contribution in [3.05, 3.63) is 60.2 Å². The van der Waals surface area contributed by atoms with E-state index in [1.807, 2.05) is 43.9 Å². The zero-order chi connectivity index (χ0) is 20.9. The third kappa shape index (κ3) is 5.06. The van der Waals surface area contributed by atoms with E-state index < -0.39 is 5.41 Å². The summed E-state index contributed by atoms with van der Waals surface area (Å²) in [4.78, 5) is 27.1. The molecule has 4 nitrogen and oxygen atoms in total. The van der Waals surface area contributed by atoms with E-state index in [9.17, 15) is 9.59 Å². The Hall–Kier alpha value is -2.62. The molecule has 1 N–H and O–H groups in total. The van der Waals surface area contributed by atoms with Gasteiger partial charge in [0.25, 0.3) is 0 Å². The first-order valence-electron chi connectivity index (χ1n) is 10.7. The summed E-state index contributed by atoms with van der Waals surface area (Å²) in [5.41, 5.74) is 3.08. The summed E-state index contributed by atoms with van der Waals surface area (Å²) >= 11 is 0. The zero-order valence-electron chi connectivity index (χ0n) is 17.8. The van der Waals surface area contributed by atoms with Crippen LogP contribution < -0.4 is 5.32 Å². The smallest absolute Gasteiger partial charge is 0.226 e. The SMILES string of the molecule is CCC(=O)N1CCC(Cc2ccc(-c3ccccc3)cc2)(C(=O)NC(C)C)CC1. The van der Waals surface area contributed by atoms with E-state index in [2.05, 4.69) is 41.7 Å². The molecule has 1 aliphatic rings. The predicted octanol–water partition coefficient (Wildman–Crippen LogP) is 4.44. The first-order chi connectivity index (χ1) is 13.9. The minimum atomic E-state index is -0.455. The van der Waals surface area contributed by atoms with Crippen molar-refractivity contribution in [1.29, 1.82) is 0 Å². The molecule has 3 rings (SSSR count). The maximum atomic E-state index is 13.2. The number of hydrogen-bond acceptors (Lipinski definition) is 2. The molecule has 2 amide bonds. The van der Waals surface area contributed by atoms with Crippen LogP contribution in [0.4, 0.5) is 0 Å². The predicted molar refractivity (Wildman–Crippen MR) is 117 cm³/mol.